The average Bonchev–Trinajstić information content (AvgIpc) is 2.82. The van der Waals surface area contributed by atoms with Crippen LogP contribution in [0.25, 0.3) is 0 Å². The molecule has 168 valence electrons. The van der Waals surface area contributed by atoms with E-state index in [1.165, 1.54) is 11.1 Å². The lowest BCUT2D eigenvalue weighted by molar-refractivity contribution is -0.137. The molecule has 1 N–H and O–H groups in total. The number of morpholine rings is 1. The van der Waals surface area contributed by atoms with E-state index in [0.717, 1.165) is 51.6 Å². The van der Waals surface area contributed by atoms with Crippen LogP contribution in [0.3, 0.4) is 0 Å². The summed E-state index contributed by atoms with van der Waals surface area (Å²) in [6.07, 6.45) is 6.79. The first-order valence-corrected chi connectivity index (χ1v) is 11.3. The molecular formula is C26H35NO4. The van der Waals surface area contributed by atoms with Gasteiger partial charge in [0.1, 0.15) is 0 Å². The van der Waals surface area contributed by atoms with Crippen LogP contribution in [0.5, 0.6) is 0 Å². The summed E-state index contributed by atoms with van der Waals surface area (Å²) in [5.74, 6) is -0.417. The Balaban J connectivity index is 0.000000233. The third kappa shape index (κ3) is 11.3. The zero-order chi connectivity index (χ0) is 22.2. The maximum absolute atomic E-state index is 11.9. The number of ether oxygens (including phenoxy) is 1. The number of amides is 1. The summed E-state index contributed by atoms with van der Waals surface area (Å²) in [6, 6.07) is 20.6. The second-order valence-corrected chi connectivity index (χ2v) is 7.77. The topological polar surface area (TPSA) is 66.8 Å². The molecule has 1 aliphatic heterocycles. The van der Waals surface area contributed by atoms with Crippen molar-refractivity contribution in [3.63, 3.8) is 0 Å². The van der Waals surface area contributed by atoms with Gasteiger partial charge in [-0.2, -0.15) is 0 Å². The van der Waals surface area contributed by atoms with E-state index in [-0.39, 0.29) is 12.3 Å². The van der Waals surface area contributed by atoms with E-state index in [2.05, 4.69) is 36.4 Å². The predicted molar refractivity (Wildman–Crippen MR) is 123 cm³/mol. The quantitative estimate of drug-likeness (QED) is 0.558. The zero-order valence-corrected chi connectivity index (χ0v) is 18.4. The number of nitrogens with zero attached hydrogens (tertiary/aromatic N) is 1. The van der Waals surface area contributed by atoms with Crippen LogP contribution in [-0.4, -0.2) is 48.2 Å². The maximum atomic E-state index is 11.9. The molecule has 2 aromatic carbocycles. The van der Waals surface area contributed by atoms with Crippen molar-refractivity contribution < 1.29 is 19.4 Å². The first-order chi connectivity index (χ1) is 15.1. The van der Waals surface area contributed by atoms with Crippen molar-refractivity contribution in [3.8, 4) is 0 Å². The van der Waals surface area contributed by atoms with E-state index < -0.39 is 5.97 Å². The fourth-order valence-electron chi connectivity index (χ4n) is 3.47. The maximum Gasteiger partial charge on any atom is 0.303 e. The highest BCUT2D eigenvalue weighted by Crippen LogP contribution is 2.09. The molecule has 5 nitrogen and oxygen atoms in total. The smallest absolute Gasteiger partial charge is 0.303 e. The van der Waals surface area contributed by atoms with Crippen molar-refractivity contribution in [1.82, 2.24) is 4.90 Å². The van der Waals surface area contributed by atoms with Crippen molar-refractivity contribution in [2.45, 2.75) is 51.4 Å². The first kappa shape index (κ1) is 24.6. The van der Waals surface area contributed by atoms with Crippen molar-refractivity contribution in [2.24, 2.45) is 0 Å². The number of benzene rings is 2. The molecule has 1 aliphatic rings. The summed E-state index contributed by atoms with van der Waals surface area (Å²) in [5, 5.41) is 8.41. The Kier molecular flexibility index (Phi) is 12.1. The molecule has 0 spiro atoms. The largest absolute Gasteiger partial charge is 0.481 e. The number of aryl methyl sites for hydroxylation is 2. The van der Waals surface area contributed by atoms with Gasteiger partial charge in [-0.1, -0.05) is 60.7 Å². The van der Waals surface area contributed by atoms with Gasteiger partial charge in [-0.25, -0.2) is 0 Å². The van der Waals surface area contributed by atoms with Gasteiger partial charge >= 0.3 is 5.97 Å². The number of carboxylic acids is 1. The fourth-order valence-corrected chi connectivity index (χ4v) is 3.47. The molecule has 0 unspecified atom stereocenters. The summed E-state index contributed by atoms with van der Waals surface area (Å²) in [5.41, 5.74) is 2.64. The Morgan fingerprint density at radius 1 is 0.742 bits per heavy atom. The van der Waals surface area contributed by atoms with Crippen LogP contribution in [0.15, 0.2) is 60.7 Å². The number of carbonyl (C=O) groups excluding carboxylic acids is 1. The van der Waals surface area contributed by atoms with Crippen LogP contribution in [-0.2, 0) is 27.2 Å². The highest BCUT2D eigenvalue weighted by Gasteiger charge is 2.15. The van der Waals surface area contributed by atoms with Gasteiger partial charge < -0.3 is 14.7 Å². The minimum atomic E-state index is -0.701. The Morgan fingerprint density at radius 3 is 1.71 bits per heavy atom. The SMILES string of the molecule is O=C(CCCCc1ccccc1)N1CCOCC1.O=C(O)CCCCc1ccccc1. The molecule has 0 atom stereocenters. The average molecular weight is 426 g/mol. The van der Waals surface area contributed by atoms with Crippen LogP contribution in [0.4, 0.5) is 0 Å². The number of carbonyl (C=O) groups is 2. The van der Waals surface area contributed by atoms with Gasteiger partial charge in [0.25, 0.3) is 0 Å². The van der Waals surface area contributed by atoms with E-state index in [1.54, 1.807) is 0 Å². The lowest BCUT2D eigenvalue weighted by atomic mass is 10.1. The van der Waals surface area contributed by atoms with Crippen molar-refractivity contribution in [1.29, 1.82) is 0 Å². The summed E-state index contributed by atoms with van der Waals surface area (Å²) >= 11 is 0. The Hall–Kier alpha value is -2.66. The summed E-state index contributed by atoms with van der Waals surface area (Å²) < 4.78 is 5.24. The lowest BCUT2D eigenvalue weighted by Gasteiger charge is -2.26. The molecule has 1 amide bonds. The number of aliphatic carboxylic acids is 1. The normalized spacial score (nSPS) is 13.2. The number of hydrogen-bond donors (Lipinski definition) is 1. The molecule has 0 aliphatic carbocycles. The van der Waals surface area contributed by atoms with Crippen LogP contribution >= 0.6 is 0 Å². The monoisotopic (exact) mass is 425 g/mol. The Morgan fingerprint density at radius 2 is 1.23 bits per heavy atom. The Labute approximate surface area is 186 Å². The van der Waals surface area contributed by atoms with Gasteiger partial charge in [0.05, 0.1) is 13.2 Å². The zero-order valence-electron chi connectivity index (χ0n) is 18.4. The summed E-state index contributed by atoms with van der Waals surface area (Å²) in [7, 11) is 0. The van der Waals surface area contributed by atoms with E-state index in [4.69, 9.17) is 9.84 Å². The molecule has 2 aromatic rings. The van der Waals surface area contributed by atoms with Gasteiger partial charge in [-0.15, -0.1) is 0 Å². The molecule has 0 bridgehead atoms. The molecule has 0 saturated carbocycles. The highest BCUT2D eigenvalue weighted by molar-refractivity contribution is 5.76. The third-order valence-corrected chi connectivity index (χ3v) is 5.26. The van der Waals surface area contributed by atoms with Gasteiger partial charge in [-0.3, -0.25) is 9.59 Å². The molecule has 1 fully saturated rings. The van der Waals surface area contributed by atoms with E-state index in [1.807, 2.05) is 29.2 Å². The molecule has 5 heteroatoms. The number of unbranched alkanes of at least 4 members (excludes halogenated alkanes) is 2. The molecule has 3 rings (SSSR count). The van der Waals surface area contributed by atoms with Crippen molar-refractivity contribution >= 4 is 11.9 Å². The standard InChI is InChI=1S/C15H21NO2.C11H14O2/c17-15(16-10-12-18-13-11-16)9-5-4-8-14-6-2-1-3-7-14;12-11(13)9-5-4-8-10-6-2-1-3-7-10/h1-3,6-7H,4-5,8-13H2;1-3,6-7H,4-5,8-9H2,(H,12,13). The first-order valence-electron chi connectivity index (χ1n) is 11.3. The summed E-state index contributed by atoms with van der Waals surface area (Å²) in [6.45, 7) is 2.90. The van der Waals surface area contributed by atoms with Crippen molar-refractivity contribution in [2.75, 3.05) is 26.3 Å². The molecule has 1 heterocycles. The molecule has 0 radical (unpaired) electrons. The predicted octanol–water partition coefficient (Wildman–Crippen LogP) is 4.74. The van der Waals surface area contributed by atoms with E-state index in [0.29, 0.717) is 19.6 Å². The second-order valence-electron chi connectivity index (χ2n) is 7.77. The van der Waals surface area contributed by atoms with Crippen molar-refractivity contribution in [3.05, 3.63) is 71.8 Å². The molecule has 1 saturated heterocycles. The molecule has 0 aromatic heterocycles. The van der Waals surface area contributed by atoms with Crippen LogP contribution in [0, 0.1) is 0 Å². The van der Waals surface area contributed by atoms with Gasteiger partial charge in [-0.05, 0) is 49.7 Å². The fraction of sp³-hybridized carbons (Fsp3) is 0.462. The number of rotatable bonds is 10. The van der Waals surface area contributed by atoms with E-state index in [9.17, 15) is 9.59 Å². The number of carboxylic acid groups (broad SMARTS) is 1. The Bertz CT molecular complexity index is 743. The van der Waals surface area contributed by atoms with Crippen LogP contribution in [0.2, 0.25) is 0 Å². The molecular weight excluding hydrogens is 390 g/mol. The second kappa shape index (κ2) is 15.2. The summed E-state index contributed by atoms with van der Waals surface area (Å²) in [4.78, 5) is 24.0. The number of hydrogen-bond acceptors (Lipinski definition) is 3. The van der Waals surface area contributed by atoms with Crippen LogP contribution in [0.1, 0.15) is 49.7 Å². The highest BCUT2D eigenvalue weighted by atomic mass is 16.5. The minimum absolute atomic E-state index is 0.284. The van der Waals surface area contributed by atoms with Gasteiger partial charge in [0.15, 0.2) is 0 Å². The lowest BCUT2D eigenvalue weighted by Crippen LogP contribution is -2.40. The third-order valence-electron chi connectivity index (χ3n) is 5.26. The van der Waals surface area contributed by atoms with Crippen LogP contribution < -0.4 is 0 Å². The molecule has 31 heavy (non-hydrogen) atoms. The van der Waals surface area contributed by atoms with E-state index >= 15 is 0 Å². The minimum Gasteiger partial charge on any atom is -0.481 e. The van der Waals surface area contributed by atoms with Gasteiger partial charge in [0, 0.05) is 25.9 Å². The van der Waals surface area contributed by atoms with Gasteiger partial charge in [0.2, 0.25) is 5.91 Å².